The van der Waals surface area contributed by atoms with Crippen molar-refractivity contribution < 1.29 is 19.1 Å². The average Bonchev–Trinajstić information content (AvgIpc) is 2.85. The second kappa shape index (κ2) is 6.37. The molecule has 0 aliphatic carbocycles. The van der Waals surface area contributed by atoms with Crippen LogP contribution in [0.15, 0.2) is 48.2 Å². The van der Waals surface area contributed by atoms with Gasteiger partial charge in [0.25, 0.3) is 0 Å². The lowest BCUT2D eigenvalue weighted by molar-refractivity contribution is 0.101. The van der Waals surface area contributed by atoms with Crippen LogP contribution in [0.1, 0.15) is 15.9 Å². The molecule has 24 heavy (non-hydrogen) atoms. The number of nitrogens with zero attached hydrogens (tertiary/aromatic N) is 1. The Balaban J connectivity index is 1.88. The Morgan fingerprint density at radius 3 is 2.67 bits per heavy atom. The Bertz CT molecular complexity index is 858. The zero-order valence-corrected chi connectivity index (χ0v) is 13.8. The predicted molar refractivity (Wildman–Crippen MR) is 90.5 cm³/mol. The average molecular weight is 344 g/mol. The van der Waals surface area contributed by atoms with Gasteiger partial charge in [-0.25, -0.2) is 4.79 Å². The summed E-state index contributed by atoms with van der Waals surface area (Å²) in [4.78, 5) is 25.3. The number of allylic oxidation sites excluding steroid dienone is 1. The van der Waals surface area contributed by atoms with Gasteiger partial charge in [-0.3, -0.25) is 4.79 Å². The maximum atomic E-state index is 12.4. The number of carbonyl (C=O) groups excluding carboxylic acids is 2. The van der Waals surface area contributed by atoms with Crippen LogP contribution in [0.2, 0.25) is 5.02 Å². The zero-order valence-electron chi connectivity index (χ0n) is 13.1. The van der Waals surface area contributed by atoms with Crippen molar-refractivity contribution in [3.05, 3.63) is 64.4 Å². The molecule has 0 bridgehead atoms. The van der Waals surface area contributed by atoms with Crippen molar-refractivity contribution >= 4 is 29.6 Å². The van der Waals surface area contributed by atoms with Crippen molar-refractivity contribution in [2.45, 2.75) is 0 Å². The van der Waals surface area contributed by atoms with Crippen molar-refractivity contribution in [2.24, 2.45) is 0 Å². The molecular weight excluding hydrogens is 330 g/mol. The molecule has 0 N–H and O–H groups in total. The lowest BCUT2D eigenvalue weighted by Crippen LogP contribution is -2.25. The number of rotatable bonds is 2. The molecule has 0 radical (unpaired) electrons. The summed E-state index contributed by atoms with van der Waals surface area (Å²) in [7, 11) is 3.17. The number of Topliss-reactive ketones (excluding diaryl/α,β-unsaturated/α-hetero) is 1. The molecule has 0 atom stereocenters. The maximum Gasteiger partial charge on any atom is 0.414 e. The van der Waals surface area contributed by atoms with Gasteiger partial charge in [0.1, 0.15) is 11.5 Å². The second-order valence-corrected chi connectivity index (χ2v) is 5.79. The summed E-state index contributed by atoms with van der Waals surface area (Å²) >= 11 is 6.10. The van der Waals surface area contributed by atoms with E-state index in [-0.39, 0.29) is 11.5 Å². The molecule has 0 fully saturated rings. The minimum atomic E-state index is -0.508. The summed E-state index contributed by atoms with van der Waals surface area (Å²) in [5.74, 6) is 0.589. The van der Waals surface area contributed by atoms with Gasteiger partial charge in [-0.1, -0.05) is 29.8 Å². The van der Waals surface area contributed by atoms with E-state index in [1.807, 2.05) is 12.1 Å². The second-order valence-electron chi connectivity index (χ2n) is 5.38. The predicted octanol–water partition coefficient (Wildman–Crippen LogP) is 4.02. The SMILES string of the molecule is CN(C)C(=O)Oc1ccc2c(c1)O/C(=C\c1ccccc1Cl)C2=O. The lowest BCUT2D eigenvalue weighted by atomic mass is 10.1. The van der Waals surface area contributed by atoms with Crippen LogP contribution >= 0.6 is 11.6 Å². The minimum absolute atomic E-state index is 0.175. The number of hydrogen-bond donors (Lipinski definition) is 0. The van der Waals surface area contributed by atoms with E-state index in [0.717, 1.165) is 0 Å². The number of ether oxygens (including phenoxy) is 2. The third-order valence-corrected chi connectivity index (χ3v) is 3.75. The molecule has 3 rings (SSSR count). The fourth-order valence-corrected chi connectivity index (χ4v) is 2.35. The van der Waals surface area contributed by atoms with Crippen molar-refractivity contribution in [3.63, 3.8) is 0 Å². The van der Waals surface area contributed by atoms with Crippen LogP contribution in [0.3, 0.4) is 0 Å². The Morgan fingerprint density at radius 2 is 1.96 bits per heavy atom. The van der Waals surface area contributed by atoms with Gasteiger partial charge in [-0.05, 0) is 29.8 Å². The third kappa shape index (κ3) is 3.12. The Hall–Kier alpha value is -2.79. The maximum absolute atomic E-state index is 12.4. The van der Waals surface area contributed by atoms with Crippen LogP contribution < -0.4 is 9.47 Å². The summed E-state index contributed by atoms with van der Waals surface area (Å²) < 4.78 is 10.8. The molecule has 122 valence electrons. The zero-order chi connectivity index (χ0) is 17.3. The molecule has 1 amide bonds. The van der Waals surface area contributed by atoms with E-state index in [1.54, 1.807) is 44.4 Å². The van der Waals surface area contributed by atoms with Gasteiger partial charge in [0.05, 0.1) is 5.56 Å². The highest BCUT2D eigenvalue weighted by Gasteiger charge is 2.28. The highest BCUT2D eigenvalue weighted by Crippen LogP contribution is 2.35. The molecule has 5 nitrogen and oxygen atoms in total. The van der Waals surface area contributed by atoms with Crippen molar-refractivity contribution in [2.75, 3.05) is 14.1 Å². The van der Waals surface area contributed by atoms with Gasteiger partial charge in [-0.2, -0.15) is 0 Å². The molecule has 6 heteroatoms. The van der Waals surface area contributed by atoms with Gasteiger partial charge >= 0.3 is 6.09 Å². The van der Waals surface area contributed by atoms with E-state index in [4.69, 9.17) is 21.1 Å². The van der Waals surface area contributed by atoms with Crippen LogP contribution in [-0.4, -0.2) is 30.9 Å². The first-order valence-electron chi connectivity index (χ1n) is 7.17. The smallest absolute Gasteiger partial charge is 0.414 e. The van der Waals surface area contributed by atoms with Crippen molar-refractivity contribution in [3.8, 4) is 11.5 Å². The van der Waals surface area contributed by atoms with Gasteiger partial charge in [-0.15, -0.1) is 0 Å². The summed E-state index contributed by atoms with van der Waals surface area (Å²) in [6.45, 7) is 0. The molecule has 0 aromatic heterocycles. The van der Waals surface area contributed by atoms with Crippen molar-refractivity contribution in [1.82, 2.24) is 4.90 Å². The standard InChI is InChI=1S/C18H14ClNO4/c1-20(2)18(22)23-12-7-8-13-15(10-12)24-16(17(13)21)9-11-5-3-4-6-14(11)19/h3-10H,1-2H3/b16-9-. The van der Waals surface area contributed by atoms with E-state index in [1.165, 1.54) is 11.0 Å². The number of hydrogen-bond acceptors (Lipinski definition) is 4. The molecule has 1 aliphatic heterocycles. The highest BCUT2D eigenvalue weighted by molar-refractivity contribution is 6.32. The first-order chi connectivity index (χ1) is 11.5. The monoisotopic (exact) mass is 343 g/mol. The molecule has 0 unspecified atom stereocenters. The quantitative estimate of drug-likeness (QED) is 0.773. The first kappa shape index (κ1) is 16.1. The van der Waals surface area contributed by atoms with Crippen LogP contribution in [0.25, 0.3) is 6.08 Å². The van der Waals surface area contributed by atoms with Gasteiger partial charge in [0, 0.05) is 25.2 Å². The molecule has 2 aromatic rings. The molecule has 2 aromatic carbocycles. The van der Waals surface area contributed by atoms with Gasteiger partial charge in [0.2, 0.25) is 5.78 Å². The van der Waals surface area contributed by atoms with Crippen LogP contribution in [0, 0.1) is 0 Å². The molecule has 0 saturated carbocycles. The van der Waals surface area contributed by atoms with Crippen LogP contribution in [-0.2, 0) is 0 Å². The number of halogens is 1. The number of ketones is 1. The molecule has 1 heterocycles. The Labute approximate surface area is 144 Å². The normalized spacial score (nSPS) is 14.3. The Kier molecular flexibility index (Phi) is 4.27. The number of carbonyl (C=O) groups is 2. The minimum Gasteiger partial charge on any atom is -0.452 e. The van der Waals surface area contributed by atoms with Crippen LogP contribution in [0.5, 0.6) is 11.5 Å². The first-order valence-corrected chi connectivity index (χ1v) is 7.55. The van der Waals surface area contributed by atoms with E-state index < -0.39 is 6.09 Å². The van der Waals surface area contributed by atoms with E-state index in [9.17, 15) is 9.59 Å². The summed E-state index contributed by atoms with van der Waals surface area (Å²) in [6.07, 6.45) is 1.09. The molecule has 0 spiro atoms. The fourth-order valence-electron chi connectivity index (χ4n) is 2.16. The number of amides is 1. The van der Waals surface area contributed by atoms with Gasteiger partial charge < -0.3 is 14.4 Å². The molecule has 1 aliphatic rings. The fraction of sp³-hybridized carbons (Fsp3) is 0.111. The largest absolute Gasteiger partial charge is 0.452 e. The summed E-state index contributed by atoms with van der Waals surface area (Å²) in [6, 6.07) is 11.8. The lowest BCUT2D eigenvalue weighted by Gasteiger charge is -2.10. The molecule has 0 saturated heterocycles. The Morgan fingerprint density at radius 1 is 1.21 bits per heavy atom. The van der Waals surface area contributed by atoms with E-state index in [0.29, 0.717) is 27.6 Å². The summed E-state index contributed by atoms with van der Waals surface area (Å²) in [5.41, 5.74) is 1.10. The molecular formula is C18H14ClNO4. The topological polar surface area (TPSA) is 55.8 Å². The highest BCUT2D eigenvalue weighted by atomic mass is 35.5. The number of benzene rings is 2. The number of fused-ring (bicyclic) bond motifs is 1. The summed E-state index contributed by atoms with van der Waals surface area (Å²) in [5, 5.41) is 0.526. The van der Waals surface area contributed by atoms with Crippen LogP contribution in [0.4, 0.5) is 4.79 Å². The van der Waals surface area contributed by atoms with Gasteiger partial charge in [0.15, 0.2) is 5.76 Å². The van der Waals surface area contributed by atoms with E-state index in [2.05, 4.69) is 0 Å². The van der Waals surface area contributed by atoms with E-state index >= 15 is 0 Å². The van der Waals surface area contributed by atoms with Crippen molar-refractivity contribution in [1.29, 1.82) is 0 Å². The third-order valence-electron chi connectivity index (χ3n) is 3.40.